The van der Waals surface area contributed by atoms with Crippen molar-refractivity contribution in [1.29, 1.82) is 0 Å². The zero-order valence-corrected chi connectivity index (χ0v) is 14.6. The number of amides is 1. The van der Waals surface area contributed by atoms with Gasteiger partial charge in [-0.05, 0) is 46.2 Å². The fraction of sp³-hybridized carbons (Fsp3) is 0.412. The van der Waals surface area contributed by atoms with Gasteiger partial charge in [0, 0.05) is 18.3 Å². The summed E-state index contributed by atoms with van der Waals surface area (Å²) < 4.78 is 1.41. The van der Waals surface area contributed by atoms with Crippen LogP contribution in [-0.2, 0) is 6.54 Å². The van der Waals surface area contributed by atoms with E-state index in [1.54, 1.807) is 18.7 Å². The third-order valence-electron chi connectivity index (χ3n) is 3.89. The van der Waals surface area contributed by atoms with Gasteiger partial charge in [-0.2, -0.15) is 5.10 Å². The van der Waals surface area contributed by atoms with E-state index >= 15 is 0 Å². The number of carbonyl (C=O) groups is 1. The van der Waals surface area contributed by atoms with Gasteiger partial charge >= 0.3 is 5.69 Å². The summed E-state index contributed by atoms with van der Waals surface area (Å²) >= 11 is 0. The van der Waals surface area contributed by atoms with E-state index in [1.165, 1.54) is 4.68 Å². The third-order valence-corrected chi connectivity index (χ3v) is 3.89. The van der Waals surface area contributed by atoms with Gasteiger partial charge < -0.3 is 4.90 Å². The number of hydrogen-bond donors (Lipinski definition) is 0. The van der Waals surface area contributed by atoms with E-state index < -0.39 is 10.8 Å². The predicted octanol–water partition coefficient (Wildman–Crippen LogP) is 3.48. The highest BCUT2D eigenvalue weighted by Crippen LogP contribution is 2.29. The molecule has 2 rings (SSSR count). The molecule has 1 aromatic heterocycles. The first-order valence-electron chi connectivity index (χ1n) is 7.90. The Morgan fingerprint density at radius 3 is 2.46 bits per heavy atom. The maximum atomic E-state index is 13.2. The second-order valence-corrected chi connectivity index (χ2v) is 5.91. The molecule has 7 heteroatoms. The van der Waals surface area contributed by atoms with Gasteiger partial charge in [0.2, 0.25) is 5.69 Å². The Balaban J connectivity index is 2.65. The Morgan fingerprint density at radius 2 is 1.96 bits per heavy atom. The van der Waals surface area contributed by atoms with Crippen LogP contribution in [0.25, 0.3) is 0 Å². The molecule has 1 heterocycles. The molecule has 7 nitrogen and oxygen atoms in total. The van der Waals surface area contributed by atoms with Crippen LogP contribution in [0.1, 0.15) is 42.5 Å². The van der Waals surface area contributed by atoms with Crippen molar-refractivity contribution in [3.8, 4) is 0 Å². The molecule has 0 saturated heterocycles. The molecule has 0 saturated carbocycles. The lowest BCUT2D eigenvalue weighted by Crippen LogP contribution is -2.39. The second kappa shape index (κ2) is 6.82. The van der Waals surface area contributed by atoms with Crippen molar-refractivity contribution in [3.05, 3.63) is 51.3 Å². The van der Waals surface area contributed by atoms with E-state index in [4.69, 9.17) is 0 Å². The van der Waals surface area contributed by atoms with Crippen molar-refractivity contribution in [2.75, 3.05) is 4.90 Å². The molecule has 0 radical (unpaired) electrons. The third kappa shape index (κ3) is 3.02. The van der Waals surface area contributed by atoms with Gasteiger partial charge in [0.1, 0.15) is 5.69 Å². The summed E-state index contributed by atoms with van der Waals surface area (Å²) in [5.41, 5.74) is 1.73. The van der Waals surface area contributed by atoms with Crippen molar-refractivity contribution in [2.24, 2.45) is 0 Å². The zero-order chi connectivity index (χ0) is 18.0. The Bertz CT molecular complexity index is 780. The van der Waals surface area contributed by atoms with E-state index in [0.29, 0.717) is 6.54 Å². The van der Waals surface area contributed by atoms with Gasteiger partial charge in [-0.3, -0.25) is 19.6 Å². The summed E-state index contributed by atoms with van der Waals surface area (Å²) in [6.07, 6.45) is 0. The number of carbonyl (C=O) groups excluding carboxylic acids is 1. The van der Waals surface area contributed by atoms with Crippen LogP contribution in [0, 0.1) is 24.0 Å². The predicted molar refractivity (Wildman–Crippen MR) is 92.4 cm³/mol. The zero-order valence-electron chi connectivity index (χ0n) is 14.6. The molecule has 0 aliphatic heterocycles. The first-order valence-corrected chi connectivity index (χ1v) is 7.90. The fourth-order valence-corrected chi connectivity index (χ4v) is 2.80. The van der Waals surface area contributed by atoms with Gasteiger partial charge in [0.05, 0.1) is 4.92 Å². The molecule has 24 heavy (non-hydrogen) atoms. The topological polar surface area (TPSA) is 81.3 Å². The molecule has 1 amide bonds. The van der Waals surface area contributed by atoms with Crippen molar-refractivity contribution in [2.45, 2.75) is 47.2 Å². The molecule has 0 N–H and O–H groups in total. The summed E-state index contributed by atoms with van der Waals surface area (Å²) in [4.78, 5) is 25.7. The number of nitrogens with zero attached hydrogens (tertiary/aromatic N) is 4. The molecular weight excluding hydrogens is 308 g/mol. The van der Waals surface area contributed by atoms with E-state index in [0.717, 1.165) is 11.3 Å². The number of para-hydroxylation sites is 1. The standard InChI is InChI=1S/C17H22N4O3/c1-6-19-16(15(21(23)24)13(5)18-19)17(22)20(11(2)3)14-10-8-7-9-12(14)4/h7-11H,6H2,1-5H3. The summed E-state index contributed by atoms with van der Waals surface area (Å²) in [6, 6.07) is 7.35. The average molecular weight is 330 g/mol. The lowest BCUT2D eigenvalue weighted by molar-refractivity contribution is -0.385. The Kier molecular flexibility index (Phi) is 5.02. The van der Waals surface area contributed by atoms with Crippen molar-refractivity contribution < 1.29 is 9.72 Å². The lowest BCUT2D eigenvalue weighted by Gasteiger charge is -2.28. The SMILES string of the molecule is CCn1nc(C)c([N+](=O)[O-])c1C(=O)N(c1ccccc1C)C(C)C. The maximum absolute atomic E-state index is 13.2. The van der Waals surface area contributed by atoms with E-state index in [-0.39, 0.29) is 23.1 Å². The van der Waals surface area contributed by atoms with Crippen molar-refractivity contribution in [1.82, 2.24) is 9.78 Å². The molecule has 0 aliphatic carbocycles. The monoisotopic (exact) mass is 330 g/mol. The summed E-state index contributed by atoms with van der Waals surface area (Å²) in [5.74, 6) is -0.409. The molecule has 128 valence electrons. The summed E-state index contributed by atoms with van der Waals surface area (Å²) in [6.45, 7) is 9.42. The van der Waals surface area contributed by atoms with Crippen LogP contribution in [0.4, 0.5) is 11.4 Å². The molecule has 0 spiro atoms. The van der Waals surface area contributed by atoms with Crippen molar-refractivity contribution in [3.63, 3.8) is 0 Å². The molecule has 0 unspecified atom stereocenters. The largest absolute Gasteiger partial charge is 0.322 e. The first kappa shape index (κ1) is 17.7. The maximum Gasteiger partial charge on any atom is 0.322 e. The van der Waals surface area contributed by atoms with Crippen LogP contribution >= 0.6 is 0 Å². The van der Waals surface area contributed by atoms with E-state index in [9.17, 15) is 14.9 Å². The van der Waals surface area contributed by atoms with Gasteiger partial charge in [0.25, 0.3) is 5.91 Å². The number of rotatable bonds is 5. The minimum atomic E-state index is -0.530. The fourth-order valence-electron chi connectivity index (χ4n) is 2.80. The highest BCUT2D eigenvalue weighted by molar-refractivity contribution is 6.08. The van der Waals surface area contributed by atoms with Crippen LogP contribution in [0.2, 0.25) is 0 Å². The van der Waals surface area contributed by atoms with Crippen LogP contribution in [-0.4, -0.2) is 26.7 Å². The van der Waals surface area contributed by atoms with Crippen LogP contribution in [0.15, 0.2) is 24.3 Å². The highest BCUT2D eigenvalue weighted by atomic mass is 16.6. The Labute approximate surface area is 141 Å². The normalized spacial score (nSPS) is 10.9. The molecule has 2 aromatic rings. The van der Waals surface area contributed by atoms with Gasteiger partial charge in [-0.15, -0.1) is 0 Å². The van der Waals surface area contributed by atoms with Gasteiger partial charge in [-0.1, -0.05) is 18.2 Å². The number of benzene rings is 1. The number of aromatic nitrogens is 2. The molecule has 1 aromatic carbocycles. The number of hydrogen-bond acceptors (Lipinski definition) is 4. The first-order chi connectivity index (χ1) is 11.3. The summed E-state index contributed by atoms with van der Waals surface area (Å²) in [7, 11) is 0. The number of anilines is 1. The Morgan fingerprint density at radius 1 is 1.33 bits per heavy atom. The Hall–Kier alpha value is -2.70. The molecular formula is C17H22N4O3. The average Bonchev–Trinajstić information content (AvgIpc) is 2.85. The van der Waals surface area contributed by atoms with Crippen LogP contribution in [0.3, 0.4) is 0 Å². The molecule has 0 fully saturated rings. The van der Waals surface area contributed by atoms with Crippen LogP contribution < -0.4 is 4.90 Å². The van der Waals surface area contributed by atoms with Crippen LogP contribution in [0.5, 0.6) is 0 Å². The second-order valence-electron chi connectivity index (χ2n) is 5.91. The minimum Gasteiger partial charge on any atom is -0.304 e. The number of aryl methyl sites for hydroxylation is 3. The molecule has 0 aliphatic rings. The van der Waals surface area contributed by atoms with E-state index in [2.05, 4.69) is 5.10 Å². The van der Waals surface area contributed by atoms with Gasteiger partial charge in [-0.25, -0.2) is 0 Å². The molecule has 0 bridgehead atoms. The summed E-state index contributed by atoms with van der Waals surface area (Å²) in [5, 5.41) is 15.6. The lowest BCUT2D eigenvalue weighted by atomic mass is 10.1. The van der Waals surface area contributed by atoms with Gasteiger partial charge in [0.15, 0.2) is 0 Å². The number of nitro groups is 1. The van der Waals surface area contributed by atoms with Crippen molar-refractivity contribution >= 4 is 17.3 Å². The van der Waals surface area contributed by atoms with E-state index in [1.807, 2.05) is 45.0 Å². The quantitative estimate of drug-likeness (QED) is 0.621. The molecule has 0 atom stereocenters. The smallest absolute Gasteiger partial charge is 0.304 e. The highest BCUT2D eigenvalue weighted by Gasteiger charge is 2.34. The minimum absolute atomic E-state index is 0.0250.